The smallest absolute Gasteiger partial charge is 0.348 e. The number of alkyl halides is 3. The molecule has 0 aromatic carbocycles. The van der Waals surface area contributed by atoms with Crippen molar-refractivity contribution in [1.82, 2.24) is 5.32 Å². The summed E-state index contributed by atoms with van der Waals surface area (Å²) in [4.78, 5) is 10.6. The molecule has 2 fully saturated rings. The summed E-state index contributed by atoms with van der Waals surface area (Å²) in [5.41, 5.74) is 0. The topological polar surface area (TPSA) is 29.1 Å². The molecule has 0 aromatic rings. The number of carbonyl (C=O) groups excluding carboxylic acids is 1. The second-order valence-corrected chi connectivity index (χ2v) is 4.64. The van der Waals surface area contributed by atoms with Crippen LogP contribution in [0.2, 0.25) is 0 Å². The number of rotatable bonds is 2. The second kappa shape index (κ2) is 3.68. The highest BCUT2D eigenvalue weighted by Crippen LogP contribution is 2.47. The molecule has 2 aliphatic rings. The fourth-order valence-corrected chi connectivity index (χ4v) is 2.95. The average molecular weight is 221 g/mol. The van der Waals surface area contributed by atoms with E-state index < -0.39 is 12.1 Å². The molecule has 2 aliphatic carbocycles. The van der Waals surface area contributed by atoms with Crippen LogP contribution in [0.5, 0.6) is 0 Å². The van der Waals surface area contributed by atoms with E-state index >= 15 is 0 Å². The number of hydrogen-bond donors (Lipinski definition) is 1. The van der Waals surface area contributed by atoms with E-state index in [1.807, 2.05) is 5.32 Å². The lowest BCUT2D eigenvalue weighted by atomic mass is 9.89. The highest BCUT2D eigenvalue weighted by atomic mass is 19.4. The predicted octanol–water partition coefficient (Wildman–Crippen LogP) is 2.10. The third-order valence-corrected chi connectivity index (χ3v) is 3.67. The summed E-state index contributed by atoms with van der Waals surface area (Å²) in [5.74, 6) is -0.286. The zero-order valence-electron chi connectivity index (χ0n) is 8.31. The first-order valence-corrected chi connectivity index (χ1v) is 5.32. The van der Waals surface area contributed by atoms with Crippen molar-refractivity contribution in [1.29, 1.82) is 0 Å². The molecule has 2 nitrogen and oxygen atoms in total. The summed E-state index contributed by atoms with van der Waals surface area (Å²) in [6.07, 6.45) is -0.265. The van der Waals surface area contributed by atoms with Gasteiger partial charge in [0.15, 0.2) is 0 Å². The van der Waals surface area contributed by atoms with Crippen molar-refractivity contribution in [3.8, 4) is 0 Å². The quantitative estimate of drug-likeness (QED) is 0.760. The molecule has 5 heteroatoms. The normalized spacial score (nSPS) is 34.5. The lowest BCUT2D eigenvalue weighted by molar-refractivity contribution is -0.173. The third-order valence-electron chi connectivity index (χ3n) is 3.67. The molecule has 0 saturated heterocycles. The zero-order chi connectivity index (χ0) is 11.1. The van der Waals surface area contributed by atoms with Crippen molar-refractivity contribution in [2.24, 2.45) is 17.8 Å². The fourth-order valence-electron chi connectivity index (χ4n) is 2.95. The fraction of sp³-hybridized carbons (Fsp3) is 0.900. The van der Waals surface area contributed by atoms with Crippen molar-refractivity contribution in [3.05, 3.63) is 0 Å². The summed E-state index contributed by atoms with van der Waals surface area (Å²) < 4.78 is 35.7. The van der Waals surface area contributed by atoms with Gasteiger partial charge in [0.2, 0.25) is 0 Å². The van der Waals surface area contributed by atoms with Crippen molar-refractivity contribution in [3.63, 3.8) is 0 Å². The standard InChI is InChI=1S/C10H14F3NO/c11-10(12,13)9(15)14-5-8-4-6-1-2-7(8)3-6/h6-8H,1-5H2,(H,14,15)/t6-,7+,8+/m0/s1. The van der Waals surface area contributed by atoms with E-state index in [9.17, 15) is 18.0 Å². The van der Waals surface area contributed by atoms with Crippen LogP contribution in [-0.2, 0) is 4.79 Å². The molecular formula is C10H14F3NO. The highest BCUT2D eigenvalue weighted by Gasteiger charge is 2.42. The van der Waals surface area contributed by atoms with E-state index in [0.29, 0.717) is 11.8 Å². The van der Waals surface area contributed by atoms with Crippen LogP contribution in [0.4, 0.5) is 13.2 Å². The van der Waals surface area contributed by atoms with Gasteiger partial charge in [-0.2, -0.15) is 13.2 Å². The van der Waals surface area contributed by atoms with Crippen molar-refractivity contribution in [2.75, 3.05) is 6.54 Å². The Morgan fingerprint density at radius 3 is 2.47 bits per heavy atom. The van der Waals surface area contributed by atoms with Gasteiger partial charge in [-0.15, -0.1) is 0 Å². The molecule has 2 rings (SSSR count). The molecule has 1 amide bonds. The number of amides is 1. The predicted molar refractivity (Wildman–Crippen MR) is 48.0 cm³/mol. The molecule has 0 aromatic heterocycles. The van der Waals surface area contributed by atoms with Crippen LogP contribution in [0.25, 0.3) is 0 Å². The van der Waals surface area contributed by atoms with Gasteiger partial charge >= 0.3 is 12.1 Å². The average Bonchev–Trinajstić information content (AvgIpc) is 2.73. The largest absolute Gasteiger partial charge is 0.471 e. The second-order valence-electron chi connectivity index (χ2n) is 4.64. The maximum atomic E-state index is 11.9. The van der Waals surface area contributed by atoms with Gasteiger partial charge < -0.3 is 5.32 Å². The summed E-state index contributed by atoms with van der Waals surface area (Å²) in [6, 6.07) is 0. The van der Waals surface area contributed by atoms with Crippen LogP contribution < -0.4 is 5.32 Å². The molecule has 0 heterocycles. The first-order valence-electron chi connectivity index (χ1n) is 5.32. The molecular weight excluding hydrogens is 207 g/mol. The van der Waals surface area contributed by atoms with Crippen LogP contribution >= 0.6 is 0 Å². The Morgan fingerprint density at radius 2 is 2.00 bits per heavy atom. The van der Waals surface area contributed by atoms with Gasteiger partial charge in [0.25, 0.3) is 0 Å². The number of nitrogens with one attached hydrogen (secondary N) is 1. The summed E-state index contributed by atoms with van der Waals surface area (Å²) in [6.45, 7) is 0.194. The maximum Gasteiger partial charge on any atom is 0.471 e. The van der Waals surface area contributed by atoms with E-state index in [1.54, 1.807) is 0 Å². The Balaban J connectivity index is 1.77. The Hall–Kier alpha value is -0.740. The summed E-state index contributed by atoms with van der Waals surface area (Å²) in [7, 11) is 0. The monoisotopic (exact) mass is 221 g/mol. The number of halogens is 3. The van der Waals surface area contributed by atoms with Crippen molar-refractivity contribution in [2.45, 2.75) is 31.9 Å². The van der Waals surface area contributed by atoms with Crippen LogP contribution in [0.15, 0.2) is 0 Å². The molecule has 15 heavy (non-hydrogen) atoms. The first kappa shape index (κ1) is 10.8. The van der Waals surface area contributed by atoms with E-state index in [2.05, 4.69) is 0 Å². The van der Waals surface area contributed by atoms with Gasteiger partial charge in [-0.1, -0.05) is 6.42 Å². The maximum absolute atomic E-state index is 11.9. The van der Waals surface area contributed by atoms with Gasteiger partial charge in [0.1, 0.15) is 0 Å². The number of fused-ring (bicyclic) bond motifs is 2. The van der Waals surface area contributed by atoms with Gasteiger partial charge in [-0.3, -0.25) is 4.79 Å². The van der Waals surface area contributed by atoms with E-state index in [0.717, 1.165) is 19.3 Å². The van der Waals surface area contributed by atoms with E-state index in [-0.39, 0.29) is 12.5 Å². The summed E-state index contributed by atoms with van der Waals surface area (Å²) >= 11 is 0. The van der Waals surface area contributed by atoms with Gasteiger partial charge in [-0.25, -0.2) is 0 Å². The molecule has 2 saturated carbocycles. The van der Waals surface area contributed by atoms with E-state index in [1.165, 1.54) is 6.42 Å². The lowest BCUT2D eigenvalue weighted by Gasteiger charge is -2.22. The van der Waals surface area contributed by atoms with Crippen LogP contribution in [0, 0.1) is 17.8 Å². The van der Waals surface area contributed by atoms with Crippen LogP contribution in [0.3, 0.4) is 0 Å². The van der Waals surface area contributed by atoms with Crippen LogP contribution in [0.1, 0.15) is 25.7 Å². The minimum absolute atomic E-state index is 0.194. The Labute approximate surface area is 86.2 Å². The van der Waals surface area contributed by atoms with Gasteiger partial charge in [-0.05, 0) is 37.0 Å². The Kier molecular flexibility index (Phi) is 2.64. The Bertz CT molecular complexity index is 264. The molecule has 1 N–H and O–H groups in total. The Morgan fingerprint density at radius 1 is 1.27 bits per heavy atom. The molecule has 0 spiro atoms. The van der Waals surface area contributed by atoms with Crippen molar-refractivity contribution < 1.29 is 18.0 Å². The zero-order valence-corrected chi connectivity index (χ0v) is 8.31. The van der Waals surface area contributed by atoms with Gasteiger partial charge in [0, 0.05) is 6.54 Å². The lowest BCUT2D eigenvalue weighted by Crippen LogP contribution is -2.40. The molecule has 0 radical (unpaired) electrons. The summed E-state index contributed by atoms with van der Waals surface area (Å²) in [5, 5.41) is 1.99. The molecule has 0 unspecified atom stereocenters. The minimum atomic E-state index is -4.74. The number of carbonyl (C=O) groups is 1. The van der Waals surface area contributed by atoms with Crippen LogP contribution in [-0.4, -0.2) is 18.6 Å². The number of hydrogen-bond acceptors (Lipinski definition) is 1. The van der Waals surface area contributed by atoms with Crippen molar-refractivity contribution >= 4 is 5.91 Å². The SMILES string of the molecule is O=C(NC[C@H]1C[C@H]2CC[C@@H]1C2)C(F)(F)F. The first-order chi connectivity index (χ1) is 6.97. The van der Waals surface area contributed by atoms with Gasteiger partial charge in [0.05, 0.1) is 0 Å². The minimum Gasteiger partial charge on any atom is -0.348 e. The third kappa shape index (κ3) is 2.26. The van der Waals surface area contributed by atoms with E-state index in [4.69, 9.17) is 0 Å². The molecule has 86 valence electrons. The molecule has 2 bridgehead atoms. The highest BCUT2D eigenvalue weighted by molar-refractivity contribution is 5.81. The molecule has 3 atom stereocenters. The molecule has 0 aliphatic heterocycles.